The first-order valence-electron chi connectivity index (χ1n) is 13.6. The van der Waals surface area contributed by atoms with Crippen molar-refractivity contribution in [2.24, 2.45) is 0 Å². The van der Waals surface area contributed by atoms with Crippen molar-refractivity contribution in [3.05, 3.63) is 33.4 Å². The van der Waals surface area contributed by atoms with Crippen LogP contribution in [0.3, 0.4) is 0 Å². The van der Waals surface area contributed by atoms with Gasteiger partial charge in [-0.1, -0.05) is 41.5 Å². The van der Waals surface area contributed by atoms with Crippen molar-refractivity contribution < 1.29 is 33.5 Å². The fourth-order valence-corrected chi connectivity index (χ4v) is 3.73. The van der Waals surface area contributed by atoms with Crippen LogP contribution in [-0.4, -0.2) is 60.4 Å². The van der Waals surface area contributed by atoms with Crippen LogP contribution in [0.15, 0.2) is 12.1 Å². The van der Waals surface area contributed by atoms with Crippen molar-refractivity contribution >= 4 is 11.9 Å². The van der Waals surface area contributed by atoms with E-state index in [9.17, 15) is 19.7 Å². The van der Waals surface area contributed by atoms with E-state index in [0.717, 1.165) is 0 Å². The number of carbonyl (C=O) groups excluding carboxylic acids is 2. The quantitative estimate of drug-likeness (QED) is 0.163. The summed E-state index contributed by atoms with van der Waals surface area (Å²) >= 11 is 0. The van der Waals surface area contributed by atoms with E-state index >= 15 is 0 Å². The minimum absolute atomic E-state index is 0.00171. The largest absolute Gasteiger partial charge is 0.497 e. The van der Waals surface area contributed by atoms with Crippen LogP contribution in [0.4, 0.5) is 0 Å². The normalized spacial score (nSPS) is 14.3. The molecule has 0 aliphatic carbocycles. The summed E-state index contributed by atoms with van der Waals surface area (Å²) in [4.78, 5) is 37.4. The Bertz CT molecular complexity index is 1000. The van der Waals surface area contributed by atoms with Gasteiger partial charge in [-0.25, -0.2) is 4.79 Å². The average Bonchev–Trinajstić information content (AvgIpc) is 2.74. The molecule has 0 bridgehead atoms. The predicted molar refractivity (Wildman–Crippen MR) is 155 cm³/mol. The van der Waals surface area contributed by atoms with E-state index in [2.05, 4.69) is 5.32 Å². The molecule has 0 aromatic heterocycles. The standard InChI is InChI=1S/C30H50N2O8/c1-27(2,3)20-16-19(37-13)17-21(28(4,5)6)24(20)39-26(34)23(32(35)36)14-15-31-22(18-38-29(7,8)9)25(33)40-30(10,11)12/h16-17,22-23,31H,14-15,18H2,1-13H3. The fraction of sp³-hybridized carbons (Fsp3) is 0.733. The molecule has 228 valence electrons. The summed E-state index contributed by atoms with van der Waals surface area (Å²) < 4.78 is 22.6. The molecular weight excluding hydrogens is 516 g/mol. The molecule has 0 fully saturated rings. The smallest absolute Gasteiger partial charge is 0.387 e. The highest BCUT2D eigenvalue weighted by molar-refractivity contribution is 5.78. The molecule has 2 unspecified atom stereocenters. The van der Waals surface area contributed by atoms with Crippen molar-refractivity contribution in [1.29, 1.82) is 0 Å². The van der Waals surface area contributed by atoms with Gasteiger partial charge in [-0.2, -0.15) is 0 Å². The first-order chi connectivity index (χ1) is 18.0. The Morgan fingerprint density at radius 3 is 1.75 bits per heavy atom. The molecule has 10 heteroatoms. The fourth-order valence-electron chi connectivity index (χ4n) is 3.73. The van der Waals surface area contributed by atoms with Gasteiger partial charge in [0.15, 0.2) is 0 Å². The Kier molecular flexibility index (Phi) is 11.7. The zero-order valence-electron chi connectivity index (χ0n) is 26.6. The summed E-state index contributed by atoms with van der Waals surface area (Å²) in [6, 6.07) is 1.06. The number of methoxy groups -OCH3 is 1. The zero-order valence-corrected chi connectivity index (χ0v) is 26.6. The lowest BCUT2D eigenvalue weighted by molar-refractivity contribution is -0.510. The number of rotatable bonds is 11. The predicted octanol–water partition coefficient (Wildman–Crippen LogP) is 5.35. The van der Waals surface area contributed by atoms with Crippen molar-refractivity contribution in [3.8, 4) is 11.5 Å². The van der Waals surface area contributed by atoms with Gasteiger partial charge >= 0.3 is 18.0 Å². The van der Waals surface area contributed by atoms with Gasteiger partial charge in [0, 0.05) is 29.0 Å². The number of ether oxygens (including phenoxy) is 4. The monoisotopic (exact) mass is 566 g/mol. The van der Waals surface area contributed by atoms with Gasteiger partial charge in [-0.3, -0.25) is 14.9 Å². The van der Waals surface area contributed by atoms with Crippen LogP contribution in [0.1, 0.15) is 101 Å². The Hall–Kier alpha value is -2.72. The van der Waals surface area contributed by atoms with E-state index in [-0.39, 0.29) is 19.6 Å². The summed E-state index contributed by atoms with van der Waals surface area (Å²) in [5, 5.41) is 15.0. The molecule has 1 N–H and O–H groups in total. The number of nitrogens with one attached hydrogen (secondary N) is 1. The Morgan fingerprint density at radius 2 is 1.38 bits per heavy atom. The van der Waals surface area contributed by atoms with E-state index < -0.39 is 51.0 Å². The maximum absolute atomic E-state index is 13.3. The molecule has 1 aromatic rings. The van der Waals surface area contributed by atoms with Crippen molar-refractivity contribution in [3.63, 3.8) is 0 Å². The minimum Gasteiger partial charge on any atom is -0.497 e. The Labute approximate surface area is 239 Å². The second-order valence-electron chi connectivity index (χ2n) is 14.0. The van der Waals surface area contributed by atoms with Gasteiger partial charge < -0.3 is 24.3 Å². The SMILES string of the molecule is COc1cc(C(C)(C)C)c(OC(=O)C(CCNC(COC(C)(C)C)C(=O)OC(C)(C)C)[N+](=O)[O-])c(C(C)(C)C)c1. The number of esters is 2. The van der Waals surface area contributed by atoms with E-state index in [4.69, 9.17) is 18.9 Å². The molecule has 0 amide bonds. The van der Waals surface area contributed by atoms with Gasteiger partial charge in [0.05, 0.1) is 19.3 Å². The molecular formula is C30H50N2O8. The van der Waals surface area contributed by atoms with Gasteiger partial charge in [-0.05, 0) is 64.5 Å². The van der Waals surface area contributed by atoms with Crippen LogP contribution in [0.5, 0.6) is 11.5 Å². The average molecular weight is 567 g/mol. The number of benzene rings is 1. The van der Waals surface area contributed by atoms with Crippen molar-refractivity contribution in [2.75, 3.05) is 20.3 Å². The topological polar surface area (TPSA) is 126 Å². The van der Waals surface area contributed by atoms with Crippen LogP contribution in [0.2, 0.25) is 0 Å². The second kappa shape index (κ2) is 13.3. The first kappa shape index (κ1) is 35.3. The van der Waals surface area contributed by atoms with Gasteiger partial charge in [0.2, 0.25) is 0 Å². The van der Waals surface area contributed by atoms with E-state index in [1.807, 2.05) is 62.3 Å². The Balaban J connectivity index is 3.24. The molecule has 40 heavy (non-hydrogen) atoms. The first-order valence-corrected chi connectivity index (χ1v) is 13.6. The zero-order chi connectivity index (χ0) is 31.3. The third-order valence-electron chi connectivity index (χ3n) is 5.83. The molecule has 1 aromatic carbocycles. The van der Waals surface area contributed by atoms with Gasteiger partial charge in [0.1, 0.15) is 23.1 Å². The second-order valence-corrected chi connectivity index (χ2v) is 14.0. The van der Waals surface area contributed by atoms with Crippen LogP contribution in [-0.2, 0) is 29.9 Å². The van der Waals surface area contributed by atoms with Crippen LogP contribution < -0.4 is 14.8 Å². The molecule has 0 radical (unpaired) electrons. The van der Waals surface area contributed by atoms with Crippen LogP contribution >= 0.6 is 0 Å². The lowest BCUT2D eigenvalue weighted by Crippen LogP contribution is -2.47. The minimum atomic E-state index is -1.65. The number of hydrogen-bond acceptors (Lipinski definition) is 9. The third-order valence-corrected chi connectivity index (χ3v) is 5.83. The molecule has 0 heterocycles. The summed E-state index contributed by atoms with van der Waals surface area (Å²) in [5.41, 5.74) is -0.708. The van der Waals surface area contributed by atoms with Crippen molar-refractivity contribution in [1.82, 2.24) is 5.32 Å². The van der Waals surface area contributed by atoms with E-state index in [1.54, 1.807) is 40.0 Å². The molecule has 1 rings (SSSR count). The number of carbonyl (C=O) groups is 2. The molecule has 0 spiro atoms. The maximum Gasteiger partial charge on any atom is 0.387 e. The van der Waals surface area contributed by atoms with E-state index in [1.165, 1.54) is 0 Å². The highest BCUT2D eigenvalue weighted by atomic mass is 16.6. The lowest BCUT2D eigenvalue weighted by atomic mass is 9.79. The Morgan fingerprint density at radius 1 is 0.875 bits per heavy atom. The number of nitro groups is 1. The van der Waals surface area contributed by atoms with Crippen LogP contribution in [0.25, 0.3) is 0 Å². The third kappa shape index (κ3) is 11.4. The molecule has 2 atom stereocenters. The number of hydrogen-bond donors (Lipinski definition) is 1. The molecule has 0 saturated carbocycles. The lowest BCUT2D eigenvalue weighted by Gasteiger charge is -2.30. The molecule has 10 nitrogen and oxygen atoms in total. The summed E-state index contributed by atoms with van der Waals surface area (Å²) in [6.07, 6.45) is -0.202. The summed E-state index contributed by atoms with van der Waals surface area (Å²) in [6.45, 7) is 22.6. The highest BCUT2D eigenvalue weighted by Crippen LogP contribution is 2.42. The van der Waals surface area contributed by atoms with E-state index in [0.29, 0.717) is 22.6 Å². The number of nitrogens with zero attached hydrogens (tertiary/aromatic N) is 1. The van der Waals surface area contributed by atoms with Crippen LogP contribution in [0, 0.1) is 10.1 Å². The maximum atomic E-state index is 13.3. The summed E-state index contributed by atoms with van der Waals surface area (Å²) in [7, 11) is 1.56. The molecule has 0 aliphatic rings. The summed E-state index contributed by atoms with van der Waals surface area (Å²) in [5.74, 6) is -0.612. The van der Waals surface area contributed by atoms with Gasteiger partial charge in [0.25, 0.3) is 0 Å². The van der Waals surface area contributed by atoms with Crippen molar-refractivity contribution in [2.45, 2.75) is 124 Å². The highest BCUT2D eigenvalue weighted by Gasteiger charge is 2.36. The molecule has 0 saturated heterocycles. The van der Waals surface area contributed by atoms with Gasteiger partial charge in [-0.15, -0.1) is 0 Å². The molecule has 0 aliphatic heterocycles.